The number of thiophene rings is 1. The first-order valence-corrected chi connectivity index (χ1v) is 12.7. The number of likely N-dealkylation sites (tertiary alicyclic amines) is 1. The van der Waals surface area contributed by atoms with E-state index >= 15 is 0 Å². The molecule has 1 unspecified atom stereocenters. The third kappa shape index (κ3) is 4.36. The molecule has 1 saturated heterocycles. The molecule has 2 aliphatic rings. The lowest BCUT2D eigenvalue weighted by Gasteiger charge is -2.27. The van der Waals surface area contributed by atoms with E-state index in [1.54, 1.807) is 29.5 Å². The molecule has 1 amide bonds. The van der Waals surface area contributed by atoms with Crippen LogP contribution in [-0.4, -0.2) is 40.0 Å². The Morgan fingerprint density at radius 2 is 1.88 bits per heavy atom. The maximum Gasteiger partial charge on any atom is 0.261 e. The van der Waals surface area contributed by atoms with Gasteiger partial charge in [0, 0.05) is 30.0 Å². The summed E-state index contributed by atoms with van der Waals surface area (Å²) in [6, 6.07) is 9.74. The maximum atomic E-state index is 13.0. The first kappa shape index (κ1) is 21.3. The van der Waals surface area contributed by atoms with Gasteiger partial charge in [-0.1, -0.05) is 18.9 Å². The summed E-state index contributed by atoms with van der Waals surface area (Å²) >= 11 is 1.75. The summed E-state index contributed by atoms with van der Waals surface area (Å²) in [5, 5.41) is 5.83. The Hall–Kier alpha value is -2.51. The topological polar surface area (TPSA) is 67.2 Å². The molecule has 2 aromatic heterocycles. The zero-order valence-electron chi connectivity index (χ0n) is 18.4. The lowest BCUT2D eigenvalue weighted by atomic mass is 10.1. The molecule has 3 aromatic rings. The molecule has 1 fully saturated rings. The minimum Gasteiger partial charge on any atom is -0.350 e. The standard InChI is InChI=1S/C25H30N4O2S/c30-24(26-17-21(22-8-7-15-32-22)28-12-5-6-13-28)18-10-11-19-20(16-18)27-23-9-3-1-2-4-14-29(23)25(19)31/h7-8,10-11,15-16,21H,1-6,9,12-14,17H2,(H,26,30). The van der Waals surface area contributed by atoms with E-state index in [0.29, 0.717) is 23.0 Å². The molecule has 1 N–H and O–H groups in total. The van der Waals surface area contributed by atoms with Crippen LogP contribution in [0.2, 0.25) is 0 Å². The molecule has 4 heterocycles. The highest BCUT2D eigenvalue weighted by molar-refractivity contribution is 7.10. The van der Waals surface area contributed by atoms with Crippen molar-refractivity contribution < 1.29 is 4.79 Å². The fraction of sp³-hybridized carbons (Fsp3) is 0.480. The Morgan fingerprint density at radius 3 is 2.69 bits per heavy atom. The molecule has 0 saturated carbocycles. The molecule has 0 spiro atoms. The third-order valence-electron chi connectivity index (χ3n) is 6.74. The van der Waals surface area contributed by atoms with Crippen LogP contribution in [0.15, 0.2) is 40.5 Å². The smallest absolute Gasteiger partial charge is 0.261 e. The minimum atomic E-state index is -0.110. The van der Waals surface area contributed by atoms with Crippen LogP contribution >= 0.6 is 11.3 Å². The van der Waals surface area contributed by atoms with Gasteiger partial charge < -0.3 is 5.32 Å². The third-order valence-corrected chi connectivity index (χ3v) is 7.71. The zero-order chi connectivity index (χ0) is 21.9. The quantitative estimate of drug-likeness (QED) is 0.634. The number of amides is 1. The number of hydrogen-bond acceptors (Lipinski definition) is 5. The summed E-state index contributed by atoms with van der Waals surface area (Å²) in [7, 11) is 0. The maximum absolute atomic E-state index is 13.0. The summed E-state index contributed by atoms with van der Waals surface area (Å²) in [5.41, 5.74) is 1.21. The Balaban J connectivity index is 1.37. The molecule has 1 aromatic carbocycles. The molecule has 7 heteroatoms. The second-order valence-corrected chi connectivity index (χ2v) is 9.84. The van der Waals surface area contributed by atoms with E-state index < -0.39 is 0 Å². The molecular weight excluding hydrogens is 420 g/mol. The van der Waals surface area contributed by atoms with Gasteiger partial charge in [0.25, 0.3) is 11.5 Å². The number of nitrogens with zero attached hydrogens (tertiary/aromatic N) is 3. The van der Waals surface area contributed by atoms with Crippen molar-refractivity contribution in [2.75, 3.05) is 19.6 Å². The molecular formula is C25H30N4O2S. The molecule has 168 valence electrons. The summed E-state index contributed by atoms with van der Waals surface area (Å²) in [6.45, 7) is 3.47. The SMILES string of the molecule is O=C(NCC(c1cccs1)N1CCCC1)c1ccc2c(=O)n3c(nc2c1)CCCCCC3. The van der Waals surface area contributed by atoms with Gasteiger partial charge in [0.15, 0.2) is 0 Å². The van der Waals surface area contributed by atoms with Gasteiger partial charge in [-0.3, -0.25) is 19.1 Å². The predicted octanol–water partition coefficient (Wildman–Crippen LogP) is 4.14. The summed E-state index contributed by atoms with van der Waals surface area (Å²) in [4.78, 5) is 34.6. The first-order valence-electron chi connectivity index (χ1n) is 11.8. The van der Waals surface area contributed by atoms with E-state index in [0.717, 1.165) is 51.1 Å². The van der Waals surface area contributed by atoms with Crippen LogP contribution in [-0.2, 0) is 13.0 Å². The summed E-state index contributed by atoms with van der Waals surface area (Å²) in [6.07, 6.45) is 7.66. The van der Waals surface area contributed by atoms with E-state index in [1.165, 1.54) is 24.1 Å². The van der Waals surface area contributed by atoms with Crippen LogP contribution in [0.25, 0.3) is 10.9 Å². The molecule has 1 atom stereocenters. The average molecular weight is 451 g/mol. The highest BCUT2D eigenvalue weighted by Crippen LogP contribution is 2.28. The monoisotopic (exact) mass is 450 g/mol. The summed E-state index contributed by atoms with van der Waals surface area (Å²) < 4.78 is 1.84. The Bertz CT molecular complexity index is 1150. The van der Waals surface area contributed by atoms with Crippen LogP contribution in [0.5, 0.6) is 0 Å². The molecule has 32 heavy (non-hydrogen) atoms. The molecule has 6 nitrogen and oxygen atoms in total. The number of carbonyl (C=O) groups is 1. The fourth-order valence-corrected chi connectivity index (χ4v) is 5.83. The number of aryl methyl sites for hydroxylation is 1. The van der Waals surface area contributed by atoms with Gasteiger partial charge in [0.05, 0.1) is 16.9 Å². The highest BCUT2D eigenvalue weighted by atomic mass is 32.1. The van der Waals surface area contributed by atoms with Crippen LogP contribution in [0.4, 0.5) is 0 Å². The Morgan fingerprint density at radius 1 is 1.06 bits per heavy atom. The number of fused-ring (bicyclic) bond motifs is 2. The van der Waals surface area contributed by atoms with Gasteiger partial charge in [-0.15, -0.1) is 11.3 Å². The number of nitrogens with one attached hydrogen (secondary N) is 1. The second kappa shape index (κ2) is 9.55. The van der Waals surface area contributed by atoms with Crippen LogP contribution in [0.1, 0.15) is 65.6 Å². The van der Waals surface area contributed by atoms with Gasteiger partial charge in [0.2, 0.25) is 0 Å². The molecule has 2 aliphatic heterocycles. The molecule has 5 rings (SSSR count). The van der Waals surface area contributed by atoms with Crippen molar-refractivity contribution in [3.63, 3.8) is 0 Å². The lowest BCUT2D eigenvalue weighted by Crippen LogP contribution is -2.36. The minimum absolute atomic E-state index is 0.0191. The number of carbonyl (C=O) groups excluding carboxylic acids is 1. The normalized spacial score (nSPS) is 18.1. The van der Waals surface area contributed by atoms with Crippen LogP contribution in [0, 0.1) is 0 Å². The molecule has 0 aliphatic carbocycles. The number of hydrogen-bond donors (Lipinski definition) is 1. The molecule has 0 bridgehead atoms. The molecule has 0 radical (unpaired) electrons. The van der Waals surface area contributed by atoms with E-state index in [-0.39, 0.29) is 17.5 Å². The lowest BCUT2D eigenvalue weighted by molar-refractivity contribution is 0.0938. The van der Waals surface area contributed by atoms with Gasteiger partial charge in [0.1, 0.15) is 5.82 Å². The van der Waals surface area contributed by atoms with Crippen molar-refractivity contribution in [2.45, 2.75) is 57.5 Å². The van der Waals surface area contributed by atoms with Gasteiger partial charge in [-0.2, -0.15) is 0 Å². The van der Waals surface area contributed by atoms with Gasteiger partial charge >= 0.3 is 0 Å². The van der Waals surface area contributed by atoms with Gasteiger partial charge in [-0.25, -0.2) is 4.98 Å². The van der Waals surface area contributed by atoms with E-state index in [9.17, 15) is 9.59 Å². The largest absolute Gasteiger partial charge is 0.350 e. The number of benzene rings is 1. The Kier molecular flexibility index (Phi) is 6.37. The number of rotatable bonds is 5. The van der Waals surface area contributed by atoms with E-state index in [1.807, 2.05) is 4.57 Å². The van der Waals surface area contributed by atoms with Crippen molar-refractivity contribution in [3.05, 3.63) is 62.3 Å². The van der Waals surface area contributed by atoms with E-state index in [2.05, 4.69) is 27.7 Å². The highest BCUT2D eigenvalue weighted by Gasteiger charge is 2.25. The fourth-order valence-electron chi connectivity index (χ4n) is 4.97. The summed E-state index contributed by atoms with van der Waals surface area (Å²) in [5.74, 6) is 0.743. The van der Waals surface area contributed by atoms with Crippen molar-refractivity contribution in [1.82, 2.24) is 19.8 Å². The van der Waals surface area contributed by atoms with E-state index in [4.69, 9.17) is 4.98 Å². The zero-order valence-corrected chi connectivity index (χ0v) is 19.2. The predicted molar refractivity (Wildman–Crippen MR) is 128 cm³/mol. The average Bonchev–Trinajstić information content (AvgIpc) is 3.50. The first-order chi connectivity index (χ1) is 15.7. The Labute approximate surface area is 192 Å². The number of aromatic nitrogens is 2. The van der Waals surface area contributed by atoms with Crippen molar-refractivity contribution in [3.8, 4) is 0 Å². The second-order valence-electron chi connectivity index (χ2n) is 8.87. The van der Waals surface area contributed by atoms with Crippen LogP contribution < -0.4 is 10.9 Å². The van der Waals surface area contributed by atoms with Crippen molar-refractivity contribution in [1.29, 1.82) is 0 Å². The van der Waals surface area contributed by atoms with Gasteiger partial charge in [-0.05, 0) is 68.4 Å². The van der Waals surface area contributed by atoms with Crippen molar-refractivity contribution in [2.24, 2.45) is 0 Å². The van der Waals surface area contributed by atoms with Crippen LogP contribution in [0.3, 0.4) is 0 Å². The van der Waals surface area contributed by atoms with Crippen molar-refractivity contribution >= 4 is 28.1 Å².